The van der Waals surface area contributed by atoms with Gasteiger partial charge < -0.3 is 24.6 Å². The van der Waals surface area contributed by atoms with Crippen LogP contribution in [0.2, 0.25) is 5.02 Å². The van der Waals surface area contributed by atoms with Crippen LogP contribution in [0.4, 0.5) is 16.6 Å². The average molecular weight is 618 g/mol. The van der Waals surface area contributed by atoms with Gasteiger partial charge in [0.2, 0.25) is 0 Å². The van der Waals surface area contributed by atoms with E-state index in [4.69, 9.17) is 21.1 Å². The molecular weight excluding hydrogens is 586 g/mol. The molecule has 0 spiro atoms. The van der Waals surface area contributed by atoms with Gasteiger partial charge in [-0.25, -0.2) is 15.0 Å². The molecule has 222 valence electrons. The van der Waals surface area contributed by atoms with Crippen molar-refractivity contribution in [3.8, 4) is 11.5 Å². The molecule has 10 nitrogen and oxygen atoms in total. The van der Waals surface area contributed by atoms with Gasteiger partial charge in [-0.2, -0.15) is 0 Å². The van der Waals surface area contributed by atoms with Crippen LogP contribution in [0.25, 0.3) is 21.1 Å². The number of piperazine rings is 1. The van der Waals surface area contributed by atoms with Gasteiger partial charge in [-0.05, 0) is 55.9 Å². The molecule has 3 heterocycles. The van der Waals surface area contributed by atoms with Crippen molar-refractivity contribution < 1.29 is 14.3 Å². The normalized spacial score (nSPS) is 14.2. The molecule has 43 heavy (non-hydrogen) atoms. The number of benzene rings is 3. The fourth-order valence-electron chi connectivity index (χ4n) is 4.97. The van der Waals surface area contributed by atoms with Crippen LogP contribution in [-0.2, 0) is 0 Å². The Morgan fingerprint density at radius 3 is 2.70 bits per heavy atom. The van der Waals surface area contributed by atoms with Crippen molar-refractivity contribution in [2.75, 3.05) is 64.1 Å². The quantitative estimate of drug-likeness (QED) is 0.185. The van der Waals surface area contributed by atoms with E-state index in [2.05, 4.69) is 42.4 Å². The first-order valence-electron chi connectivity index (χ1n) is 14.1. The monoisotopic (exact) mass is 617 g/mol. The lowest BCUT2D eigenvalue weighted by Gasteiger charge is -2.32. The Hall–Kier alpha value is -4.03. The number of ether oxygens (including phenoxy) is 2. The number of halogens is 1. The molecule has 0 atom stereocenters. The minimum Gasteiger partial charge on any atom is -0.493 e. The van der Waals surface area contributed by atoms with Gasteiger partial charge in [0.05, 0.1) is 29.5 Å². The Labute approximate surface area is 258 Å². The molecule has 0 saturated carbocycles. The third-order valence-corrected chi connectivity index (χ3v) is 8.52. The number of carbonyl (C=O) groups excluding carboxylic acids is 1. The van der Waals surface area contributed by atoms with Gasteiger partial charge in [-0.3, -0.25) is 10.1 Å². The second kappa shape index (κ2) is 13.1. The first-order chi connectivity index (χ1) is 20.9. The summed E-state index contributed by atoms with van der Waals surface area (Å²) in [6.07, 6.45) is 2.47. The summed E-state index contributed by atoms with van der Waals surface area (Å²) in [4.78, 5) is 31.0. The molecule has 0 radical (unpaired) electrons. The highest BCUT2D eigenvalue weighted by Gasteiger charge is 2.16. The Morgan fingerprint density at radius 1 is 1.02 bits per heavy atom. The molecule has 6 rings (SSSR count). The summed E-state index contributed by atoms with van der Waals surface area (Å²) in [6, 6.07) is 16.4. The summed E-state index contributed by atoms with van der Waals surface area (Å²) >= 11 is 7.42. The van der Waals surface area contributed by atoms with Crippen LogP contribution >= 0.6 is 22.9 Å². The molecule has 2 aromatic heterocycles. The molecular formula is C31H32ClN7O3S. The molecule has 1 fully saturated rings. The van der Waals surface area contributed by atoms with Crippen molar-refractivity contribution in [3.05, 3.63) is 71.5 Å². The summed E-state index contributed by atoms with van der Waals surface area (Å²) in [5, 5.41) is 8.08. The highest BCUT2D eigenvalue weighted by Crippen LogP contribution is 2.36. The van der Waals surface area contributed by atoms with Crippen LogP contribution < -0.4 is 20.1 Å². The lowest BCUT2D eigenvalue weighted by molar-refractivity contribution is 0.102. The van der Waals surface area contributed by atoms with Gasteiger partial charge in [0.25, 0.3) is 5.91 Å². The van der Waals surface area contributed by atoms with Crippen molar-refractivity contribution in [1.29, 1.82) is 0 Å². The van der Waals surface area contributed by atoms with Gasteiger partial charge in [0, 0.05) is 60.4 Å². The third kappa shape index (κ3) is 6.97. The standard InChI is InChI=1S/C31H32ClN7O3S/c1-38-10-12-39(13-11-38)9-4-14-42-27-18-25-23(17-26(27)41-2)29(34-19-33-25)35-22-7-8-24-28(16-22)43-31(36-24)37-30(40)20-5-3-6-21(32)15-20/h3,5-8,15-19H,4,9-14H2,1-2H3,(H,33,34,35)(H,36,37,40). The van der Waals surface area contributed by atoms with E-state index >= 15 is 0 Å². The van der Waals surface area contributed by atoms with E-state index < -0.39 is 0 Å². The van der Waals surface area contributed by atoms with E-state index in [1.807, 2.05) is 30.3 Å². The molecule has 5 aromatic rings. The molecule has 12 heteroatoms. The minimum atomic E-state index is -0.264. The number of methoxy groups -OCH3 is 1. The van der Waals surface area contributed by atoms with E-state index in [1.165, 1.54) is 17.7 Å². The van der Waals surface area contributed by atoms with Crippen molar-refractivity contribution in [2.45, 2.75) is 6.42 Å². The van der Waals surface area contributed by atoms with Gasteiger partial charge >= 0.3 is 0 Å². The van der Waals surface area contributed by atoms with E-state index in [1.54, 1.807) is 31.4 Å². The summed E-state index contributed by atoms with van der Waals surface area (Å²) in [5.41, 5.74) is 2.82. The van der Waals surface area contributed by atoms with Crippen LogP contribution in [0.3, 0.4) is 0 Å². The zero-order chi connectivity index (χ0) is 29.8. The molecule has 1 aliphatic heterocycles. The average Bonchev–Trinajstić information content (AvgIpc) is 3.41. The Balaban J connectivity index is 1.14. The largest absolute Gasteiger partial charge is 0.493 e. The van der Waals surface area contributed by atoms with E-state index in [-0.39, 0.29) is 5.91 Å². The maximum absolute atomic E-state index is 12.6. The maximum atomic E-state index is 12.6. The van der Waals surface area contributed by atoms with E-state index in [9.17, 15) is 4.79 Å². The van der Waals surface area contributed by atoms with Crippen molar-refractivity contribution in [1.82, 2.24) is 24.8 Å². The van der Waals surface area contributed by atoms with Crippen LogP contribution in [0.5, 0.6) is 11.5 Å². The van der Waals surface area contributed by atoms with E-state index in [0.29, 0.717) is 39.6 Å². The number of rotatable bonds is 10. The first kappa shape index (κ1) is 29.1. The lowest BCUT2D eigenvalue weighted by Crippen LogP contribution is -2.44. The van der Waals surface area contributed by atoms with Crippen LogP contribution in [0.15, 0.2) is 60.9 Å². The van der Waals surface area contributed by atoms with Crippen LogP contribution in [-0.4, -0.2) is 84.1 Å². The lowest BCUT2D eigenvalue weighted by atomic mass is 10.2. The maximum Gasteiger partial charge on any atom is 0.257 e. The first-order valence-corrected chi connectivity index (χ1v) is 15.3. The summed E-state index contributed by atoms with van der Waals surface area (Å²) in [7, 11) is 3.80. The number of likely N-dealkylation sites (N-methyl/N-ethyl adjacent to an activating group) is 1. The Morgan fingerprint density at radius 2 is 1.88 bits per heavy atom. The molecule has 2 N–H and O–H groups in total. The smallest absolute Gasteiger partial charge is 0.257 e. The fraction of sp³-hybridized carbons (Fsp3) is 0.290. The van der Waals surface area contributed by atoms with Crippen LogP contribution in [0.1, 0.15) is 16.8 Å². The summed E-state index contributed by atoms with van der Waals surface area (Å²) in [6.45, 7) is 6.02. The van der Waals surface area contributed by atoms with Crippen LogP contribution in [0, 0.1) is 0 Å². The van der Waals surface area contributed by atoms with Gasteiger partial charge in [0.15, 0.2) is 16.6 Å². The number of hydrogen-bond donors (Lipinski definition) is 2. The molecule has 0 aliphatic carbocycles. The Kier molecular flexibility index (Phi) is 8.85. The predicted molar refractivity (Wildman–Crippen MR) is 172 cm³/mol. The second-order valence-electron chi connectivity index (χ2n) is 10.4. The molecule has 0 bridgehead atoms. The molecule has 0 unspecified atom stereocenters. The third-order valence-electron chi connectivity index (χ3n) is 7.35. The number of nitrogens with zero attached hydrogens (tertiary/aromatic N) is 5. The highest BCUT2D eigenvalue weighted by atomic mass is 35.5. The molecule has 1 amide bonds. The number of anilines is 3. The van der Waals surface area contributed by atoms with E-state index in [0.717, 1.165) is 66.0 Å². The molecule has 3 aromatic carbocycles. The molecule has 1 saturated heterocycles. The van der Waals surface area contributed by atoms with Crippen molar-refractivity contribution in [2.24, 2.45) is 0 Å². The predicted octanol–water partition coefficient (Wildman–Crippen LogP) is 5.91. The minimum absolute atomic E-state index is 0.264. The zero-order valence-corrected chi connectivity index (χ0v) is 25.5. The topological polar surface area (TPSA) is 105 Å². The SMILES string of the molecule is COc1cc2c(Nc3ccc4nc(NC(=O)c5cccc(Cl)c5)sc4c3)ncnc2cc1OCCCN1CCN(C)CC1. The van der Waals surface area contributed by atoms with Gasteiger partial charge in [-0.1, -0.05) is 29.0 Å². The Bertz CT molecular complexity index is 1760. The number of nitrogens with one attached hydrogen (secondary N) is 2. The molecule has 1 aliphatic rings. The summed E-state index contributed by atoms with van der Waals surface area (Å²) < 4.78 is 12.7. The fourth-order valence-corrected chi connectivity index (χ4v) is 6.06. The number of thiazole rings is 1. The van der Waals surface area contributed by atoms with Crippen molar-refractivity contribution >= 4 is 66.6 Å². The zero-order valence-electron chi connectivity index (χ0n) is 24.0. The number of hydrogen-bond acceptors (Lipinski definition) is 10. The second-order valence-corrected chi connectivity index (χ2v) is 11.8. The summed E-state index contributed by atoms with van der Waals surface area (Å²) in [5.74, 6) is 1.67. The van der Waals surface area contributed by atoms with Gasteiger partial charge in [0.1, 0.15) is 12.1 Å². The number of fused-ring (bicyclic) bond motifs is 2. The highest BCUT2D eigenvalue weighted by molar-refractivity contribution is 7.22. The van der Waals surface area contributed by atoms with Gasteiger partial charge in [-0.15, -0.1) is 0 Å². The number of amides is 1. The number of aromatic nitrogens is 3. The van der Waals surface area contributed by atoms with Crippen molar-refractivity contribution in [3.63, 3.8) is 0 Å². The number of carbonyl (C=O) groups is 1.